The number of hydrogen-bond acceptors (Lipinski definition) is 3. The second kappa shape index (κ2) is 21.9. The first kappa shape index (κ1) is 27.1. The van der Waals surface area contributed by atoms with Crippen molar-refractivity contribution < 1.29 is 24.9 Å². The summed E-state index contributed by atoms with van der Waals surface area (Å²) >= 11 is 0. The van der Waals surface area contributed by atoms with Crippen LogP contribution in [0.5, 0.6) is 0 Å². The average Bonchev–Trinajstić information content (AvgIpc) is 2.57. The number of rotatable bonds is 17. The van der Waals surface area contributed by atoms with E-state index in [2.05, 4.69) is 13.8 Å². The predicted octanol–water partition coefficient (Wildman–Crippen LogP) is 5.78. The van der Waals surface area contributed by atoms with E-state index in [9.17, 15) is 14.7 Å². The van der Waals surface area contributed by atoms with Gasteiger partial charge >= 0.3 is 11.9 Å². The fraction of sp³-hybridized carbons (Fsp3) is 0.905. The highest BCUT2D eigenvalue weighted by atomic mass is 16.4. The molecule has 0 aromatic heterocycles. The molecule has 5 heteroatoms. The summed E-state index contributed by atoms with van der Waals surface area (Å²) in [5.41, 5.74) is 0. The molecule has 0 amide bonds. The molecule has 1 unspecified atom stereocenters. The number of carboxylic acids is 2. The molecule has 26 heavy (non-hydrogen) atoms. The number of aliphatic hydroxyl groups is 1. The Hall–Kier alpha value is -1.10. The minimum atomic E-state index is -0.912. The zero-order chi connectivity index (χ0) is 20.0. The van der Waals surface area contributed by atoms with Crippen LogP contribution in [0.4, 0.5) is 0 Å². The summed E-state index contributed by atoms with van der Waals surface area (Å²) in [6.45, 7) is 4.37. The van der Waals surface area contributed by atoms with E-state index in [-0.39, 0.29) is 6.42 Å². The van der Waals surface area contributed by atoms with Crippen molar-refractivity contribution >= 4 is 11.9 Å². The van der Waals surface area contributed by atoms with Crippen LogP contribution in [-0.4, -0.2) is 33.4 Å². The summed E-state index contributed by atoms with van der Waals surface area (Å²) in [5, 5.41) is 26.0. The van der Waals surface area contributed by atoms with Crippen molar-refractivity contribution in [3.05, 3.63) is 0 Å². The van der Waals surface area contributed by atoms with Crippen molar-refractivity contribution in [2.45, 2.75) is 123 Å². The molecule has 156 valence electrons. The molecule has 0 saturated heterocycles. The smallest absolute Gasteiger partial charge is 0.305 e. The number of carbonyl (C=O) groups is 2. The van der Waals surface area contributed by atoms with Gasteiger partial charge in [0.25, 0.3) is 0 Å². The summed E-state index contributed by atoms with van der Waals surface area (Å²) in [6, 6.07) is 0. The fourth-order valence-corrected chi connectivity index (χ4v) is 2.70. The second-order valence-electron chi connectivity index (χ2n) is 7.07. The molecule has 0 aliphatic rings. The third-order valence-corrected chi connectivity index (χ3v) is 4.30. The topological polar surface area (TPSA) is 94.8 Å². The lowest BCUT2D eigenvalue weighted by Gasteiger charge is -2.06. The van der Waals surface area contributed by atoms with E-state index < -0.39 is 18.0 Å². The summed E-state index contributed by atoms with van der Waals surface area (Å²) in [7, 11) is 0. The van der Waals surface area contributed by atoms with Gasteiger partial charge < -0.3 is 15.3 Å². The first-order valence-electron chi connectivity index (χ1n) is 10.6. The van der Waals surface area contributed by atoms with Gasteiger partial charge in [-0.2, -0.15) is 0 Å². The molecule has 0 heterocycles. The number of aliphatic carboxylic acids is 2. The monoisotopic (exact) mass is 374 g/mol. The van der Waals surface area contributed by atoms with Gasteiger partial charge in [0.05, 0.1) is 12.5 Å². The predicted molar refractivity (Wildman–Crippen MR) is 106 cm³/mol. The highest BCUT2D eigenvalue weighted by Gasteiger charge is 2.08. The number of unbranched alkanes of at least 4 members (excludes halogenated alkanes) is 11. The van der Waals surface area contributed by atoms with Gasteiger partial charge in [-0.25, -0.2) is 0 Å². The SMILES string of the molecule is CCCCCCCCC(=O)O.CCCCCCCCCC(O)CC(=O)O. The van der Waals surface area contributed by atoms with E-state index in [1.54, 1.807) is 0 Å². The van der Waals surface area contributed by atoms with Crippen LogP contribution in [-0.2, 0) is 9.59 Å². The zero-order valence-corrected chi connectivity index (χ0v) is 17.0. The molecule has 0 saturated carbocycles. The standard InChI is InChI=1S/C12H24O3.C9H18O2/c1-2-3-4-5-6-7-8-9-11(13)10-12(14)15;1-2-3-4-5-6-7-8-9(10)11/h11,13H,2-10H2,1H3,(H,14,15);2-8H2,1H3,(H,10,11). The quantitative estimate of drug-likeness (QED) is 0.280. The van der Waals surface area contributed by atoms with Crippen molar-refractivity contribution in [3.63, 3.8) is 0 Å². The Bertz CT molecular complexity index is 318. The van der Waals surface area contributed by atoms with Crippen molar-refractivity contribution in [2.24, 2.45) is 0 Å². The first-order valence-corrected chi connectivity index (χ1v) is 10.6. The van der Waals surface area contributed by atoms with Crippen LogP contribution in [0.25, 0.3) is 0 Å². The molecule has 0 radical (unpaired) electrons. The van der Waals surface area contributed by atoms with Crippen LogP contribution in [0.15, 0.2) is 0 Å². The van der Waals surface area contributed by atoms with Gasteiger partial charge in [0.15, 0.2) is 0 Å². The van der Waals surface area contributed by atoms with Gasteiger partial charge in [-0.05, 0) is 12.8 Å². The van der Waals surface area contributed by atoms with Gasteiger partial charge in [-0.15, -0.1) is 0 Å². The van der Waals surface area contributed by atoms with Crippen LogP contribution in [0, 0.1) is 0 Å². The lowest BCUT2D eigenvalue weighted by atomic mass is 10.1. The zero-order valence-electron chi connectivity index (χ0n) is 17.0. The van der Waals surface area contributed by atoms with E-state index >= 15 is 0 Å². The largest absolute Gasteiger partial charge is 0.481 e. The van der Waals surface area contributed by atoms with Crippen molar-refractivity contribution in [1.82, 2.24) is 0 Å². The van der Waals surface area contributed by atoms with Gasteiger partial charge in [-0.3, -0.25) is 9.59 Å². The lowest BCUT2D eigenvalue weighted by Crippen LogP contribution is -2.12. The molecular weight excluding hydrogens is 332 g/mol. The highest BCUT2D eigenvalue weighted by Crippen LogP contribution is 2.11. The molecule has 1 atom stereocenters. The molecule has 3 N–H and O–H groups in total. The maximum atomic E-state index is 10.3. The van der Waals surface area contributed by atoms with Crippen LogP contribution in [0.1, 0.15) is 117 Å². The minimum absolute atomic E-state index is 0.115. The van der Waals surface area contributed by atoms with E-state index in [0.717, 1.165) is 25.7 Å². The molecule has 0 rings (SSSR count). The molecule has 0 bridgehead atoms. The second-order valence-corrected chi connectivity index (χ2v) is 7.07. The van der Waals surface area contributed by atoms with Gasteiger partial charge in [0.1, 0.15) is 0 Å². The van der Waals surface area contributed by atoms with E-state index in [1.807, 2.05) is 0 Å². The Morgan fingerprint density at radius 2 is 1.08 bits per heavy atom. The number of carboxylic acid groups (broad SMARTS) is 2. The third-order valence-electron chi connectivity index (χ3n) is 4.30. The van der Waals surface area contributed by atoms with Gasteiger partial charge in [-0.1, -0.05) is 90.9 Å². The fourth-order valence-electron chi connectivity index (χ4n) is 2.70. The Labute approximate surface area is 160 Å². The average molecular weight is 375 g/mol. The Balaban J connectivity index is 0. The van der Waals surface area contributed by atoms with Crippen LogP contribution in [0.3, 0.4) is 0 Å². The Morgan fingerprint density at radius 3 is 1.50 bits per heavy atom. The van der Waals surface area contributed by atoms with Crippen molar-refractivity contribution in [3.8, 4) is 0 Å². The first-order chi connectivity index (χ1) is 12.4. The molecule has 5 nitrogen and oxygen atoms in total. The van der Waals surface area contributed by atoms with Gasteiger partial charge in [0.2, 0.25) is 0 Å². The van der Waals surface area contributed by atoms with Crippen molar-refractivity contribution in [2.75, 3.05) is 0 Å². The summed E-state index contributed by atoms with van der Waals surface area (Å²) in [6.07, 6.45) is 15.5. The molecule has 0 aliphatic carbocycles. The Kier molecular flexibility index (Phi) is 22.9. The number of hydrogen-bond donors (Lipinski definition) is 3. The van der Waals surface area contributed by atoms with Crippen molar-refractivity contribution in [1.29, 1.82) is 0 Å². The lowest BCUT2D eigenvalue weighted by molar-refractivity contribution is -0.139. The highest BCUT2D eigenvalue weighted by molar-refractivity contribution is 5.67. The molecule has 0 aromatic carbocycles. The molecule has 0 aromatic rings. The Morgan fingerprint density at radius 1 is 0.654 bits per heavy atom. The molecule has 0 spiro atoms. The number of aliphatic hydroxyl groups excluding tert-OH is 1. The van der Waals surface area contributed by atoms with E-state index in [0.29, 0.717) is 12.8 Å². The van der Waals surface area contributed by atoms with Crippen LogP contribution < -0.4 is 0 Å². The normalized spacial score (nSPS) is 11.5. The molecule has 0 fully saturated rings. The maximum Gasteiger partial charge on any atom is 0.305 e. The third kappa shape index (κ3) is 27.7. The minimum Gasteiger partial charge on any atom is -0.481 e. The maximum absolute atomic E-state index is 10.3. The summed E-state index contributed by atoms with van der Waals surface area (Å²) < 4.78 is 0. The van der Waals surface area contributed by atoms with Crippen LogP contribution in [0.2, 0.25) is 0 Å². The molecule has 0 aliphatic heterocycles. The van der Waals surface area contributed by atoms with Crippen LogP contribution >= 0.6 is 0 Å². The molecular formula is C21H42O5. The summed E-state index contributed by atoms with van der Waals surface area (Å²) in [4.78, 5) is 20.3. The van der Waals surface area contributed by atoms with E-state index in [1.165, 1.54) is 57.8 Å². The van der Waals surface area contributed by atoms with Gasteiger partial charge in [0, 0.05) is 6.42 Å². The van der Waals surface area contributed by atoms with E-state index in [4.69, 9.17) is 10.2 Å². The summed E-state index contributed by atoms with van der Waals surface area (Å²) in [5.74, 6) is -1.58.